The van der Waals surface area contributed by atoms with Crippen molar-refractivity contribution >= 4 is 15.9 Å². The lowest BCUT2D eigenvalue weighted by atomic mass is 9.82. The van der Waals surface area contributed by atoms with E-state index in [1.54, 1.807) is 0 Å². The Morgan fingerprint density at radius 3 is 2.41 bits per heavy atom. The van der Waals surface area contributed by atoms with E-state index >= 15 is 0 Å². The number of alkyl halides is 1. The average molecular weight is 304 g/mol. The molecule has 0 aromatic heterocycles. The molecule has 17 heavy (non-hydrogen) atoms. The number of hydrogen-bond acceptors (Lipinski definition) is 2. The SMILES string of the molecule is OCC1CCCN1CC1(CBr)CCCCCC1. The summed E-state index contributed by atoms with van der Waals surface area (Å²) in [6.45, 7) is 2.74. The molecule has 1 atom stereocenters. The fourth-order valence-electron chi connectivity index (χ4n) is 3.55. The molecule has 1 aliphatic carbocycles. The highest BCUT2D eigenvalue weighted by molar-refractivity contribution is 9.09. The smallest absolute Gasteiger partial charge is 0.0586 e. The van der Waals surface area contributed by atoms with Gasteiger partial charge in [0.2, 0.25) is 0 Å². The Hall–Kier alpha value is 0.400. The van der Waals surface area contributed by atoms with Crippen molar-refractivity contribution in [3.63, 3.8) is 0 Å². The van der Waals surface area contributed by atoms with Crippen LogP contribution in [0.25, 0.3) is 0 Å². The van der Waals surface area contributed by atoms with Gasteiger partial charge in [-0.2, -0.15) is 0 Å². The van der Waals surface area contributed by atoms with E-state index in [1.165, 1.54) is 64.5 Å². The maximum absolute atomic E-state index is 9.42. The molecule has 1 unspecified atom stereocenters. The van der Waals surface area contributed by atoms with E-state index in [9.17, 15) is 5.11 Å². The maximum Gasteiger partial charge on any atom is 0.0586 e. The van der Waals surface area contributed by atoms with Crippen molar-refractivity contribution in [2.24, 2.45) is 5.41 Å². The fraction of sp³-hybridized carbons (Fsp3) is 1.00. The van der Waals surface area contributed by atoms with Gasteiger partial charge in [0.25, 0.3) is 0 Å². The fourth-order valence-corrected chi connectivity index (χ4v) is 4.29. The van der Waals surface area contributed by atoms with Crippen LogP contribution in [0.15, 0.2) is 0 Å². The van der Waals surface area contributed by atoms with Gasteiger partial charge in [0.1, 0.15) is 0 Å². The second kappa shape index (κ2) is 6.53. The van der Waals surface area contributed by atoms with Crippen LogP contribution in [-0.4, -0.2) is 41.1 Å². The summed E-state index contributed by atoms with van der Waals surface area (Å²) in [5, 5.41) is 10.6. The van der Waals surface area contributed by atoms with Crippen molar-refractivity contribution in [1.29, 1.82) is 0 Å². The van der Waals surface area contributed by atoms with Crippen LogP contribution in [0.4, 0.5) is 0 Å². The number of likely N-dealkylation sites (tertiary alicyclic amines) is 1. The highest BCUT2D eigenvalue weighted by Gasteiger charge is 2.35. The molecular formula is C14H26BrNO. The first-order valence-corrected chi connectivity index (χ1v) is 8.33. The third-order valence-corrected chi connectivity index (χ3v) is 5.89. The van der Waals surface area contributed by atoms with Crippen LogP contribution in [0.1, 0.15) is 51.4 Å². The molecule has 0 aromatic rings. The third-order valence-electron chi connectivity index (χ3n) is 4.70. The molecule has 0 amide bonds. The quantitative estimate of drug-likeness (QED) is 0.637. The van der Waals surface area contributed by atoms with Crippen LogP contribution < -0.4 is 0 Å². The minimum Gasteiger partial charge on any atom is -0.395 e. The zero-order valence-corrected chi connectivity index (χ0v) is 12.4. The van der Waals surface area contributed by atoms with E-state index in [2.05, 4.69) is 20.8 Å². The summed E-state index contributed by atoms with van der Waals surface area (Å²) in [6, 6.07) is 0.439. The highest BCUT2D eigenvalue weighted by Crippen LogP contribution is 2.38. The van der Waals surface area contributed by atoms with Crippen LogP contribution in [0.3, 0.4) is 0 Å². The Morgan fingerprint density at radius 1 is 1.12 bits per heavy atom. The van der Waals surface area contributed by atoms with Gasteiger partial charge < -0.3 is 5.11 Å². The lowest BCUT2D eigenvalue weighted by Gasteiger charge is -2.37. The Bertz CT molecular complexity index is 226. The van der Waals surface area contributed by atoms with E-state index in [-0.39, 0.29) is 0 Å². The summed E-state index contributed by atoms with van der Waals surface area (Å²) >= 11 is 3.76. The lowest BCUT2D eigenvalue weighted by Crippen LogP contribution is -2.42. The molecule has 0 aromatic carbocycles. The van der Waals surface area contributed by atoms with E-state index in [1.807, 2.05) is 0 Å². The summed E-state index contributed by atoms with van der Waals surface area (Å²) in [5.74, 6) is 0. The zero-order chi connectivity index (χ0) is 12.1. The molecule has 2 nitrogen and oxygen atoms in total. The molecule has 100 valence electrons. The molecule has 0 bridgehead atoms. The number of aliphatic hydroxyl groups excluding tert-OH is 1. The average Bonchev–Trinajstić information content (AvgIpc) is 2.66. The van der Waals surface area contributed by atoms with E-state index in [0.717, 1.165) is 5.33 Å². The minimum atomic E-state index is 0.346. The van der Waals surface area contributed by atoms with Crippen molar-refractivity contribution in [3.8, 4) is 0 Å². The van der Waals surface area contributed by atoms with Gasteiger partial charge in [-0.3, -0.25) is 4.90 Å². The molecule has 1 aliphatic heterocycles. The number of nitrogens with zero attached hydrogens (tertiary/aromatic N) is 1. The summed E-state index contributed by atoms with van der Waals surface area (Å²) in [6.07, 6.45) is 10.8. The monoisotopic (exact) mass is 303 g/mol. The third kappa shape index (κ3) is 3.45. The Labute approximate surface area is 114 Å². The van der Waals surface area contributed by atoms with Crippen molar-refractivity contribution < 1.29 is 5.11 Å². The number of halogens is 1. The number of rotatable bonds is 4. The first-order chi connectivity index (χ1) is 8.29. The van der Waals surface area contributed by atoms with Crippen LogP contribution >= 0.6 is 15.9 Å². The predicted molar refractivity (Wildman–Crippen MR) is 75.6 cm³/mol. The van der Waals surface area contributed by atoms with Gasteiger partial charge in [0.15, 0.2) is 0 Å². The van der Waals surface area contributed by atoms with Crippen molar-refractivity contribution in [1.82, 2.24) is 4.90 Å². The van der Waals surface area contributed by atoms with Gasteiger partial charge in [-0.25, -0.2) is 0 Å². The maximum atomic E-state index is 9.42. The van der Waals surface area contributed by atoms with E-state index in [0.29, 0.717) is 18.1 Å². The molecule has 2 aliphatic rings. The molecule has 1 saturated heterocycles. The first-order valence-electron chi connectivity index (χ1n) is 7.20. The van der Waals surface area contributed by atoms with Crippen LogP contribution in [-0.2, 0) is 0 Å². The molecule has 3 heteroatoms. The number of aliphatic hydroxyl groups is 1. The second-order valence-electron chi connectivity index (χ2n) is 6.00. The van der Waals surface area contributed by atoms with Crippen molar-refractivity contribution in [2.75, 3.05) is 25.0 Å². The Balaban J connectivity index is 1.97. The standard InChI is InChI=1S/C14H26BrNO/c15-11-14(7-3-1-2-4-8-14)12-16-9-5-6-13(16)10-17/h13,17H,1-12H2. The second-order valence-corrected chi connectivity index (χ2v) is 6.56. The van der Waals surface area contributed by atoms with Crippen molar-refractivity contribution in [3.05, 3.63) is 0 Å². The van der Waals surface area contributed by atoms with Crippen LogP contribution in [0.5, 0.6) is 0 Å². The minimum absolute atomic E-state index is 0.346. The van der Waals surface area contributed by atoms with Gasteiger partial charge in [-0.05, 0) is 37.6 Å². The summed E-state index contributed by atoms with van der Waals surface area (Å²) in [4.78, 5) is 2.55. The molecule has 0 spiro atoms. The molecule has 2 fully saturated rings. The summed E-state index contributed by atoms with van der Waals surface area (Å²) in [7, 11) is 0. The Kier molecular flexibility index (Phi) is 5.31. The summed E-state index contributed by atoms with van der Waals surface area (Å²) in [5.41, 5.74) is 0.480. The van der Waals surface area contributed by atoms with Gasteiger partial charge in [-0.1, -0.05) is 41.6 Å². The molecule has 1 heterocycles. The predicted octanol–water partition coefficient (Wildman–Crippen LogP) is 3.18. The summed E-state index contributed by atoms with van der Waals surface area (Å²) < 4.78 is 0. The van der Waals surface area contributed by atoms with E-state index in [4.69, 9.17) is 0 Å². The first kappa shape index (κ1) is 13.8. The normalized spacial score (nSPS) is 30.4. The molecule has 1 saturated carbocycles. The lowest BCUT2D eigenvalue weighted by molar-refractivity contribution is 0.104. The Morgan fingerprint density at radius 2 is 1.82 bits per heavy atom. The molecule has 0 radical (unpaired) electrons. The molecule has 2 rings (SSSR count). The number of hydrogen-bond donors (Lipinski definition) is 1. The van der Waals surface area contributed by atoms with Gasteiger partial charge in [0, 0.05) is 17.9 Å². The topological polar surface area (TPSA) is 23.5 Å². The van der Waals surface area contributed by atoms with Crippen LogP contribution in [0.2, 0.25) is 0 Å². The van der Waals surface area contributed by atoms with Crippen molar-refractivity contribution in [2.45, 2.75) is 57.4 Å². The van der Waals surface area contributed by atoms with Gasteiger partial charge in [-0.15, -0.1) is 0 Å². The van der Waals surface area contributed by atoms with Gasteiger partial charge in [0.05, 0.1) is 6.61 Å². The highest BCUT2D eigenvalue weighted by atomic mass is 79.9. The zero-order valence-electron chi connectivity index (χ0n) is 10.8. The van der Waals surface area contributed by atoms with Crippen LogP contribution in [0, 0.1) is 5.41 Å². The van der Waals surface area contributed by atoms with Gasteiger partial charge >= 0.3 is 0 Å². The largest absolute Gasteiger partial charge is 0.395 e. The molecular weight excluding hydrogens is 278 g/mol. The van der Waals surface area contributed by atoms with E-state index < -0.39 is 0 Å². The molecule has 1 N–H and O–H groups in total.